The molecule has 1 fully saturated rings. The first-order chi connectivity index (χ1) is 25.2. The van der Waals surface area contributed by atoms with Gasteiger partial charge in [-0.1, -0.05) is 74.5 Å². The van der Waals surface area contributed by atoms with E-state index in [1.165, 1.54) is 4.90 Å². The SMILES string of the molecule is CC(C)C[C@@H](CC(=O)[C@@H](Cc1ccccc1)NC(=O)[C@H](N)Cc1ccccc1)C(=O)N[C@H](CCCCN)C(=O)CCC(=O)N1CCC(N)(C(=O)O)CC1. The molecule has 13 heteroatoms. The van der Waals surface area contributed by atoms with Crippen LogP contribution in [-0.2, 0) is 41.6 Å². The van der Waals surface area contributed by atoms with Crippen molar-refractivity contribution in [2.75, 3.05) is 19.6 Å². The smallest absolute Gasteiger partial charge is 0.323 e. The summed E-state index contributed by atoms with van der Waals surface area (Å²) in [7, 11) is 0. The number of nitrogens with two attached hydrogens (primary N) is 3. The number of hydrogen-bond acceptors (Lipinski definition) is 9. The number of likely N-dealkylation sites (tertiary alicyclic amines) is 1. The minimum atomic E-state index is -1.37. The van der Waals surface area contributed by atoms with Crippen molar-refractivity contribution in [2.45, 2.75) is 108 Å². The Morgan fingerprint density at radius 2 is 1.36 bits per heavy atom. The third-order valence-electron chi connectivity index (χ3n) is 9.87. The number of carboxylic acids is 1. The molecular weight excluding hydrogens is 676 g/mol. The molecule has 2 aromatic rings. The largest absolute Gasteiger partial charge is 0.480 e. The predicted molar refractivity (Wildman–Crippen MR) is 202 cm³/mol. The van der Waals surface area contributed by atoms with E-state index < -0.39 is 47.4 Å². The summed E-state index contributed by atoms with van der Waals surface area (Å²) in [5.41, 5.74) is 18.3. The van der Waals surface area contributed by atoms with Gasteiger partial charge < -0.3 is 37.8 Å². The number of carbonyl (C=O) groups is 6. The zero-order chi connectivity index (χ0) is 39.0. The number of ketones is 2. The lowest BCUT2D eigenvalue weighted by molar-refractivity contribution is -0.147. The second-order valence-corrected chi connectivity index (χ2v) is 14.7. The van der Waals surface area contributed by atoms with Crippen LogP contribution in [-0.4, -0.2) is 88.6 Å². The van der Waals surface area contributed by atoms with Crippen molar-refractivity contribution in [3.63, 3.8) is 0 Å². The highest BCUT2D eigenvalue weighted by Gasteiger charge is 2.39. The molecule has 2 aromatic carbocycles. The molecule has 1 heterocycles. The maximum absolute atomic E-state index is 14.0. The average Bonchev–Trinajstić information content (AvgIpc) is 3.13. The third kappa shape index (κ3) is 14.1. The van der Waals surface area contributed by atoms with Crippen molar-refractivity contribution in [3.8, 4) is 0 Å². The molecule has 0 spiro atoms. The fraction of sp³-hybridized carbons (Fsp3) is 0.550. The first-order valence-corrected chi connectivity index (χ1v) is 18.7. The molecule has 0 radical (unpaired) electrons. The molecule has 290 valence electrons. The van der Waals surface area contributed by atoms with Crippen molar-refractivity contribution in [1.29, 1.82) is 0 Å². The van der Waals surface area contributed by atoms with Crippen LogP contribution in [0.15, 0.2) is 60.7 Å². The highest BCUT2D eigenvalue weighted by Crippen LogP contribution is 2.22. The lowest BCUT2D eigenvalue weighted by atomic mass is 9.87. The molecule has 1 saturated heterocycles. The maximum atomic E-state index is 14.0. The topological polar surface area (TPSA) is 228 Å². The second kappa shape index (κ2) is 21.3. The van der Waals surface area contributed by atoms with E-state index in [1.807, 2.05) is 74.5 Å². The number of aliphatic carboxylic acids is 1. The summed E-state index contributed by atoms with van der Waals surface area (Å²) < 4.78 is 0. The Hall–Kier alpha value is -4.46. The van der Waals surface area contributed by atoms with E-state index in [2.05, 4.69) is 10.6 Å². The summed E-state index contributed by atoms with van der Waals surface area (Å²) in [5.74, 6) is -3.67. The molecule has 0 unspecified atom stereocenters. The average molecular weight is 735 g/mol. The van der Waals surface area contributed by atoms with Crippen molar-refractivity contribution in [3.05, 3.63) is 71.8 Å². The van der Waals surface area contributed by atoms with Crippen LogP contribution >= 0.6 is 0 Å². The third-order valence-corrected chi connectivity index (χ3v) is 9.87. The van der Waals surface area contributed by atoms with Crippen molar-refractivity contribution in [2.24, 2.45) is 29.0 Å². The summed E-state index contributed by atoms with van der Waals surface area (Å²) in [6.45, 7) is 4.66. The van der Waals surface area contributed by atoms with Crippen LogP contribution in [0.4, 0.5) is 0 Å². The highest BCUT2D eigenvalue weighted by atomic mass is 16.4. The Morgan fingerprint density at radius 3 is 1.91 bits per heavy atom. The van der Waals surface area contributed by atoms with Gasteiger partial charge in [0.25, 0.3) is 0 Å². The summed E-state index contributed by atoms with van der Waals surface area (Å²) >= 11 is 0. The first kappa shape index (κ1) is 42.9. The van der Waals surface area contributed by atoms with Crippen LogP contribution in [0.5, 0.6) is 0 Å². The predicted octanol–water partition coefficient (Wildman–Crippen LogP) is 2.27. The van der Waals surface area contributed by atoms with Gasteiger partial charge in [0, 0.05) is 38.3 Å². The monoisotopic (exact) mass is 734 g/mol. The molecule has 3 amide bonds. The zero-order valence-corrected chi connectivity index (χ0v) is 31.1. The Balaban J connectivity index is 1.71. The van der Waals surface area contributed by atoms with E-state index in [4.69, 9.17) is 17.2 Å². The van der Waals surface area contributed by atoms with Gasteiger partial charge in [0.1, 0.15) is 5.54 Å². The van der Waals surface area contributed by atoms with Gasteiger partial charge in [0.2, 0.25) is 17.7 Å². The van der Waals surface area contributed by atoms with Crippen LogP contribution in [0.3, 0.4) is 0 Å². The number of carboxylic acid groups (broad SMARTS) is 1. The van der Waals surface area contributed by atoms with Crippen LogP contribution in [0.1, 0.15) is 82.8 Å². The van der Waals surface area contributed by atoms with Gasteiger partial charge in [-0.15, -0.1) is 0 Å². The molecule has 53 heavy (non-hydrogen) atoms. The van der Waals surface area contributed by atoms with E-state index in [0.29, 0.717) is 38.6 Å². The molecule has 0 aliphatic carbocycles. The number of nitrogens with one attached hydrogen (secondary N) is 2. The van der Waals surface area contributed by atoms with Crippen molar-refractivity contribution < 1.29 is 33.9 Å². The molecule has 1 aliphatic heterocycles. The zero-order valence-electron chi connectivity index (χ0n) is 31.1. The Labute approximate surface area is 312 Å². The minimum Gasteiger partial charge on any atom is -0.480 e. The lowest BCUT2D eigenvalue weighted by Gasteiger charge is -2.36. The number of amides is 3. The van der Waals surface area contributed by atoms with Crippen molar-refractivity contribution in [1.82, 2.24) is 15.5 Å². The molecule has 13 nitrogen and oxygen atoms in total. The molecule has 9 N–H and O–H groups in total. The minimum absolute atomic E-state index is 0.0435. The van der Waals surface area contributed by atoms with E-state index in [0.717, 1.165) is 11.1 Å². The van der Waals surface area contributed by atoms with Gasteiger partial charge in [-0.3, -0.25) is 28.8 Å². The number of carbonyl (C=O) groups excluding carboxylic acids is 5. The van der Waals surface area contributed by atoms with Gasteiger partial charge in [0.05, 0.1) is 18.1 Å². The molecule has 0 saturated carbocycles. The first-order valence-electron chi connectivity index (χ1n) is 18.7. The lowest BCUT2D eigenvalue weighted by Crippen LogP contribution is -2.56. The van der Waals surface area contributed by atoms with E-state index >= 15 is 0 Å². The summed E-state index contributed by atoms with van der Waals surface area (Å²) in [6.07, 6.45) is 2.28. The fourth-order valence-corrected chi connectivity index (χ4v) is 6.60. The van der Waals surface area contributed by atoms with Crippen LogP contribution in [0.25, 0.3) is 0 Å². The number of nitrogens with zero attached hydrogens (tertiary/aromatic N) is 1. The molecular formula is C40H58N6O7. The normalized spacial score (nSPS) is 16.2. The molecule has 1 aliphatic rings. The number of Topliss-reactive ketones (excluding diaryl/α,β-unsaturated/α-hetero) is 2. The van der Waals surface area contributed by atoms with Gasteiger partial charge in [-0.25, -0.2) is 0 Å². The highest BCUT2D eigenvalue weighted by molar-refractivity contribution is 5.96. The van der Waals surface area contributed by atoms with Crippen LogP contribution < -0.4 is 27.8 Å². The van der Waals surface area contributed by atoms with Crippen LogP contribution in [0, 0.1) is 11.8 Å². The van der Waals surface area contributed by atoms with Gasteiger partial charge in [0.15, 0.2) is 11.6 Å². The number of benzene rings is 2. The Bertz CT molecular complexity index is 1510. The summed E-state index contributed by atoms with van der Waals surface area (Å²) in [4.78, 5) is 80.6. The molecule has 4 atom stereocenters. The van der Waals surface area contributed by atoms with Crippen molar-refractivity contribution >= 4 is 35.3 Å². The fourth-order valence-electron chi connectivity index (χ4n) is 6.60. The molecule has 0 bridgehead atoms. The number of hydrogen-bond donors (Lipinski definition) is 6. The molecule has 0 aromatic heterocycles. The van der Waals surface area contributed by atoms with Gasteiger partial charge in [-0.05, 0) is 75.0 Å². The summed E-state index contributed by atoms with van der Waals surface area (Å²) in [6, 6.07) is 15.9. The van der Waals surface area contributed by atoms with Crippen LogP contribution in [0.2, 0.25) is 0 Å². The van der Waals surface area contributed by atoms with E-state index in [1.54, 1.807) is 0 Å². The van der Waals surface area contributed by atoms with E-state index in [9.17, 15) is 33.9 Å². The number of unbranched alkanes of at least 4 members (excludes halogenated alkanes) is 1. The van der Waals surface area contributed by atoms with Gasteiger partial charge in [-0.2, -0.15) is 0 Å². The maximum Gasteiger partial charge on any atom is 0.323 e. The summed E-state index contributed by atoms with van der Waals surface area (Å²) in [5, 5.41) is 15.1. The second-order valence-electron chi connectivity index (χ2n) is 14.7. The molecule has 3 rings (SSSR count). The van der Waals surface area contributed by atoms with E-state index in [-0.39, 0.29) is 75.0 Å². The Kier molecular flexibility index (Phi) is 17.3. The standard InChI is InChI=1S/C40H58N6O7/c1-27(2)23-30(26-35(48)33(25-29-13-7-4-8-14-29)45-38(51)31(42)24-28-11-5-3-6-12-28)37(50)44-32(15-9-10-20-41)34(47)16-17-36(49)46-21-18-40(43,19-22-46)39(52)53/h3-8,11-14,27,30-33H,9-10,15-26,41-43H2,1-2H3,(H,44,50)(H,45,51)(H,52,53)/t30-,31+,32+,33+/m0/s1. The number of piperidine rings is 1. The van der Waals surface area contributed by atoms with Gasteiger partial charge >= 0.3 is 5.97 Å². The quantitative estimate of drug-likeness (QED) is 0.0967. The number of rotatable bonds is 22. The Morgan fingerprint density at radius 1 is 0.792 bits per heavy atom.